The van der Waals surface area contributed by atoms with Gasteiger partial charge in [0.1, 0.15) is 0 Å². The molecule has 0 aliphatic rings. The lowest BCUT2D eigenvalue weighted by atomic mass is 10.2. The molecule has 5 nitrogen and oxygen atoms in total. The molecule has 0 saturated heterocycles. The Morgan fingerprint density at radius 3 is 2.76 bits per heavy atom. The Morgan fingerprint density at radius 2 is 2.10 bits per heavy atom. The van der Waals surface area contributed by atoms with Crippen molar-refractivity contribution in [3.8, 4) is 5.69 Å². The van der Waals surface area contributed by atoms with Gasteiger partial charge in [-0.1, -0.05) is 18.5 Å². The highest BCUT2D eigenvalue weighted by molar-refractivity contribution is 6.32. The van der Waals surface area contributed by atoms with E-state index in [1.807, 2.05) is 6.92 Å². The Balaban J connectivity index is 2.36. The highest BCUT2D eigenvalue weighted by Gasteiger charge is 2.31. The van der Waals surface area contributed by atoms with Gasteiger partial charge >= 0.3 is 6.18 Å². The van der Waals surface area contributed by atoms with Crippen LogP contribution in [0.5, 0.6) is 0 Å². The number of nitrogens with zero attached hydrogens (tertiary/aromatic N) is 4. The molecule has 0 fully saturated rings. The Bertz CT molecular complexity index is 611. The van der Waals surface area contributed by atoms with E-state index in [4.69, 9.17) is 11.6 Å². The van der Waals surface area contributed by atoms with Gasteiger partial charge in [-0.05, 0) is 41.6 Å². The maximum Gasteiger partial charge on any atom is 0.416 e. The van der Waals surface area contributed by atoms with Crippen LogP contribution >= 0.6 is 11.6 Å². The number of hydrogen-bond donors (Lipinski definition) is 1. The molecule has 0 aliphatic carbocycles. The predicted octanol–water partition coefficient (Wildman–Crippen LogP) is 2.83. The van der Waals surface area contributed by atoms with Gasteiger partial charge in [0.25, 0.3) is 0 Å². The Labute approximate surface area is 124 Å². The summed E-state index contributed by atoms with van der Waals surface area (Å²) in [4.78, 5) is 0. The van der Waals surface area contributed by atoms with Gasteiger partial charge in [0.2, 0.25) is 0 Å². The largest absolute Gasteiger partial charge is 0.416 e. The van der Waals surface area contributed by atoms with E-state index in [1.165, 1.54) is 10.7 Å². The molecule has 1 heterocycles. The maximum absolute atomic E-state index is 12.8. The second kappa shape index (κ2) is 6.40. The molecule has 21 heavy (non-hydrogen) atoms. The van der Waals surface area contributed by atoms with Crippen LogP contribution in [0.15, 0.2) is 18.2 Å². The summed E-state index contributed by atoms with van der Waals surface area (Å²) in [7, 11) is 0. The van der Waals surface area contributed by atoms with E-state index in [0.29, 0.717) is 12.4 Å². The zero-order valence-corrected chi connectivity index (χ0v) is 11.9. The van der Waals surface area contributed by atoms with Gasteiger partial charge in [0, 0.05) is 0 Å². The minimum atomic E-state index is -4.45. The van der Waals surface area contributed by atoms with Crippen LogP contribution in [0.1, 0.15) is 24.7 Å². The standard InChI is InChI=1S/C12H13ClF3N5/c1-2-5-17-7-11-18-19-20-21(11)10-6-8(12(14,15)16)3-4-9(10)13/h3-4,6,17H,2,5,7H2,1H3. The fraction of sp³-hybridized carbons (Fsp3) is 0.417. The van der Waals surface area contributed by atoms with Crippen molar-refractivity contribution in [2.45, 2.75) is 26.1 Å². The summed E-state index contributed by atoms with van der Waals surface area (Å²) in [5.41, 5.74) is -0.699. The minimum Gasteiger partial charge on any atom is -0.310 e. The van der Waals surface area contributed by atoms with Crippen LogP contribution in [-0.4, -0.2) is 26.8 Å². The first-order chi connectivity index (χ1) is 9.93. The van der Waals surface area contributed by atoms with Crippen LogP contribution in [0.4, 0.5) is 13.2 Å². The van der Waals surface area contributed by atoms with E-state index in [2.05, 4.69) is 20.8 Å². The number of halogens is 4. The third-order valence-corrected chi connectivity index (χ3v) is 3.07. The van der Waals surface area contributed by atoms with Gasteiger partial charge in [0.15, 0.2) is 5.82 Å². The van der Waals surface area contributed by atoms with Gasteiger partial charge in [-0.2, -0.15) is 17.9 Å². The van der Waals surface area contributed by atoms with Crippen LogP contribution < -0.4 is 5.32 Å². The minimum absolute atomic E-state index is 0.102. The average Bonchev–Trinajstić information content (AvgIpc) is 2.86. The van der Waals surface area contributed by atoms with E-state index >= 15 is 0 Å². The highest BCUT2D eigenvalue weighted by Crippen LogP contribution is 2.33. The second-order valence-corrected chi connectivity index (χ2v) is 4.75. The number of rotatable bonds is 5. The number of benzene rings is 1. The van der Waals surface area contributed by atoms with E-state index < -0.39 is 11.7 Å². The van der Waals surface area contributed by atoms with Crippen molar-refractivity contribution in [1.29, 1.82) is 0 Å². The zero-order valence-electron chi connectivity index (χ0n) is 11.2. The Kier molecular flexibility index (Phi) is 4.79. The van der Waals surface area contributed by atoms with Crippen LogP contribution in [0.2, 0.25) is 5.02 Å². The Morgan fingerprint density at radius 1 is 1.33 bits per heavy atom. The highest BCUT2D eigenvalue weighted by atomic mass is 35.5. The summed E-state index contributed by atoms with van der Waals surface area (Å²) < 4.78 is 39.5. The normalized spacial score (nSPS) is 11.9. The van der Waals surface area contributed by atoms with Crippen LogP contribution in [0, 0.1) is 0 Å². The molecule has 2 rings (SSSR count). The molecule has 1 N–H and O–H groups in total. The summed E-state index contributed by atoms with van der Waals surface area (Å²) in [6.45, 7) is 3.09. The molecule has 1 aromatic carbocycles. The molecule has 2 aromatic rings. The van der Waals surface area contributed by atoms with Crippen molar-refractivity contribution < 1.29 is 13.2 Å². The first kappa shape index (κ1) is 15.7. The van der Waals surface area contributed by atoms with Gasteiger partial charge in [0.05, 0.1) is 22.8 Å². The van der Waals surface area contributed by atoms with Crippen molar-refractivity contribution in [1.82, 2.24) is 25.5 Å². The van der Waals surface area contributed by atoms with Crippen LogP contribution in [-0.2, 0) is 12.7 Å². The maximum atomic E-state index is 12.8. The molecule has 0 bridgehead atoms. The lowest BCUT2D eigenvalue weighted by molar-refractivity contribution is -0.137. The quantitative estimate of drug-likeness (QED) is 0.861. The number of alkyl halides is 3. The van der Waals surface area contributed by atoms with E-state index in [0.717, 1.165) is 25.1 Å². The lowest BCUT2D eigenvalue weighted by Crippen LogP contribution is -2.18. The molecule has 0 radical (unpaired) electrons. The smallest absolute Gasteiger partial charge is 0.310 e. The molecule has 1 aromatic heterocycles. The molecule has 0 amide bonds. The predicted molar refractivity (Wildman–Crippen MR) is 71.2 cm³/mol. The van der Waals surface area contributed by atoms with Gasteiger partial charge in [-0.3, -0.25) is 0 Å². The molecule has 0 aliphatic heterocycles. The van der Waals surface area contributed by atoms with Crippen LogP contribution in [0.3, 0.4) is 0 Å². The molecule has 0 saturated carbocycles. The monoisotopic (exact) mass is 319 g/mol. The third kappa shape index (κ3) is 3.70. The van der Waals surface area contributed by atoms with E-state index in [-0.39, 0.29) is 10.7 Å². The average molecular weight is 320 g/mol. The molecule has 114 valence electrons. The van der Waals surface area contributed by atoms with Crippen molar-refractivity contribution in [2.24, 2.45) is 0 Å². The van der Waals surface area contributed by atoms with Crippen molar-refractivity contribution in [3.63, 3.8) is 0 Å². The van der Waals surface area contributed by atoms with Crippen LogP contribution in [0.25, 0.3) is 5.69 Å². The van der Waals surface area contributed by atoms with Gasteiger partial charge in [-0.15, -0.1) is 5.10 Å². The summed E-state index contributed by atoms with van der Waals surface area (Å²) in [6.07, 6.45) is -3.53. The molecule has 0 unspecified atom stereocenters. The van der Waals surface area contributed by atoms with Gasteiger partial charge in [-0.25, -0.2) is 0 Å². The van der Waals surface area contributed by atoms with Crippen molar-refractivity contribution >= 4 is 11.6 Å². The first-order valence-corrected chi connectivity index (χ1v) is 6.66. The van der Waals surface area contributed by atoms with E-state index in [9.17, 15) is 13.2 Å². The first-order valence-electron chi connectivity index (χ1n) is 6.28. The summed E-state index contributed by atoms with van der Waals surface area (Å²) >= 11 is 5.97. The SMILES string of the molecule is CCCNCc1nnnn1-c1cc(C(F)(F)F)ccc1Cl. The van der Waals surface area contributed by atoms with Gasteiger partial charge < -0.3 is 5.32 Å². The third-order valence-electron chi connectivity index (χ3n) is 2.75. The molecule has 9 heteroatoms. The van der Waals surface area contributed by atoms with E-state index in [1.54, 1.807) is 0 Å². The number of aromatic nitrogens is 4. The number of hydrogen-bond acceptors (Lipinski definition) is 4. The molecular weight excluding hydrogens is 307 g/mol. The summed E-state index contributed by atoms with van der Waals surface area (Å²) in [5, 5.41) is 14.2. The molecule has 0 atom stereocenters. The lowest BCUT2D eigenvalue weighted by Gasteiger charge is -2.11. The molecular formula is C12H13ClF3N5. The molecule has 0 spiro atoms. The fourth-order valence-corrected chi connectivity index (χ4v) is 1.93. The number of tetrazole rings is 1. The number of nitrogens with one attached hydrogen (secondary N) is 1. The zero-order chi connectivity index (χ0) is 15.5. The van der Waals surface area contributed by atoms with Crippen molar-refractivity contribution in [3.05, 3.63) is 34.6 Å². The Hall–Kier alpha value is -1.67. The summed E-state index contributed by atoms with van der Waals surface area (Å²) in [5.74, 6) is 0.393. The van der Waals surface area contributed by atoms with Crippen molar-refractivity contribution in [2.75, 3.05) is 6.54 Å². The summed E-state index contributed by atoms with van der Waals surface area (Å²) in [6, 6.07) is 3.04. The topological polar surface area (TPSA) is 55.6 Å². The fourth-order valence-electron chi connectivity index (χ4n) is 1.73. The second-order valence-electron chi connectivity index (χ2n) is 4.35.